The van der Waals surface area contributed by atoms with E-state index in [1.54, 1.807) is 35.4 Å². The Bertz CT molecular complexity index is 1100. The third-order valence-corrected chi connectivity index (χ3v) is 4.85. The van der Waals surface area contributed by atoms with Gasteiger partial charge in [0.1, 0.15) is 6.61 Å². The smallest absolute Gasteiger partial charge is 0.416 e. The molecular formula is C22H18F3N3O3. The molecule has 0 bridgehead atoms. The lowest BCUT2D eigenvalue weighted by Crippen LogP contribution is -2.31. The number of rotatable bonds is 4. The number of aromatic hydroxyl groups is 1. The number of hydrogen-bond acceptors (Lipinski definition) is 5. The van der Waals surface area contributed by atoms with E-state index in [9.17, 15) is 23.1 Å². The first-order valence-corrected chi connectivity index (χ1v) is 9.46. The molecule has 160 valence electrons. The van der Waals surface area contributed by atoms with Crippen LogP contribution in [-0.4, -0.2) is 29.1 Å². The number of anilines is 2. The van der Waals surface area contributed by atoms with Crippen LogP contribution in [-0.2, 0) is 12.7 Å². The molecule has 0 spiro atoms. The second-order valence-corrected chi connectivity index (χ2v) is 6.88. The topological polar surface area (TPSA) is 74.7 Å². The first-order chi connectivity index (χ1) is 14.8. The molecule has 1 aliphatic rings. The Morgan fingerprint density at radius 3 is 2.61 bits per heavy atom. The second kappa shape index (κ2) is 8.17. The SMILES string of the molecule is O=C(NCc1ccc(C(F)(F)F)cc1)c1cccc2c1OCCN2c1ncccc1O. The number of carbonyl (C=O) groups is 1. The van der Waals surface area contributed by atoms with Crippen LogP contribution in [0.5, 0.6) is 11.5 Å². The number of para-hydroxylation sites is 1. The number of carbonyl (C=O) groups excluding carboxylic acids is 1. The Labute approximate surface area is 175 Å². The zero-order valence-electron chi connectivity index (χ0n) is 16.2. The summed E-state index contributed by atoms with van der Waals surface area (Å²) >= 11 is 0. The van der Waals surface area contributed by atoms with Crippen LogP contribution >= 0.6 is 0 Å². The second-order valence-electron chi connectivity index (χ2n) is 6.88. The first-order valence-electron chi connectivity index (χ1n) is 9.46. The summed E-state index contributed by atoms with van der Waals surface area (Å²) in [5.41, 5.74) is 0.657. The number of alkyl halides is 3. The Morgan fingerprint density at radius 2 is 1.90 bits per heavy atom. The van der Waals surface area contributed by atoms with Crippen molar-refractivity contribution in [3.63, 3.8) is 0 Å². The van der Waals surface area contributed by atoms with Crippen LogP contribution in [0.25, 0.3) is 0 Å². The number of amides is 1. The van der Waals surface area contributed by atoms with Crippen LogP contribution < -0.4 is 15.0 Å². The normalized spacial score (nSPS) is 13.3. The van der Waals surface area contributed by atoms with E-state index in [2.05, 4.69) is 10.3 Å². The predicted octanol–water partition coefficient (Wildman–Crippen LogP) is 4.27. The van der Waals surface area contributed by atoms with Crippen molar-refractivity contribution in [2.24, 2.45) is 0 Å². The number of nitrogens with zero attached hydrogens (tertiary/aromatic N) is 2. The number of ether oxygens (including phenoxy) is 1. The summed E-state index contributed by atoms with van der Waals surface area (Å²) in [6.07, 6.45) is -2.85. The number of pyridine rings is 1. The summed E-state index contributed by atoms with van der Waals surface area (Å²) in [6.45, 7) is 0.784. The summed E-state index contributed by atoms with van der Waals surface area (Å²) in [4.78, 5) is 18.8. The summed E-state index contributed by atoms with van der Waals surface area (Å²) in [5, 5.41) is 12.9. The lowest BCUT2D eigenvalue weighted by atomic mass is 10.1. The lowest BCUT2D eigenvalue weighted by molar-refractivity contribution is -0.137. The predicted molar refractivity (Wildman–Crippen MR) is 107 cm³/mol. The van der Waals surface area contributed by atoms with Gasteiger partial charge in [-0.3, -0.25) is 4.79 Å². The van der Waals surface area contributed by atoms with Crippen molar-refractivity contribution < 1.29 is 27.8 Å². The average molecular weight is 429 g/mol. The van der Waals surface area contributed by atoms with E-state index in [1.165, 1.54) is 18.2 Å². The molecule has 6 nitrogen and oxygen atoms in total. The van der Waals surface area contributed by atoms with Gasteiger partial charge < -0.3 is 20.1 Å². The number of benzene rings is 2. The Hall–Kier alpha value is -3.75. The van der Waals surface area contributed by atoms with Gasteiger partial charge in [0.2, 0.25) is 0 Å². The van der Waals surface area contributed by atoms with Crippen molar-refractivity contribution in [3.05, 3.63) is 77.5 Å². The standard InChI is InChI=1S/C22H18F3N3O3/c23-22(24,25)15-8-6-14(7-9-15)13-27-21(30)16-3-1-4-17-19(16)31-12-11-28(17)20-18(29)5-2-10-26-20/h1-10,29H,11-13H2,(H,27,30). The molecule has 1 aromatic heterocycles. The molecule has 0 saturated carbocycles. The highest BCUT2D eigenvalue weighted by molar-refractivity contribution is 5.99. The van der Waals surface area contributed by atoms with Gasteiger partial charge in [-0.25, -0.2) is 4.98 Å². The minimum Gasteiger partial charge on any atom is -0.504 e. The van der Waals surface area contributed by atoms with Gasteiger partial charge >= 0.3 is 6.18 Å². The third-order valence-electron chi connectivity index (χ3n) is 4.85. The van der Waals surface area contributed by atoms with Crippen molar-refractivity contribution >= 4 is 17.4 Å². The summed E-state index contributed by atoms with van der Waals surface area (Å²) in [7, 11) is 0. The Kier molecular flexibility index (Phi) is 5.41. The zero-order chi connectivity index (χ0) is 22.0. The van der Waals surface area contributed by atoms with Crippen molar-refractivity contribution in [2.75, 3.05) is 18.1 Å². The molecule has 0 saturated heterocycles. The summed E-state index contributed by atoms with van der Waals surface area (Å²) in [5.74, 6) is 0.287. The van der Waals surface area contributed by atoms with Gasteiger partial charge in [-0.05, 0) is 42.0 Å². The fourth-order valence-electron chi connectivity index (χ4n) is 3.33. The average Bonchev–Trinajstić information content (AvgIpc) is 2.77. The molecule has 4 rings (SSSR count). The fourth-order valence-corrected chi connectivity index (χ4v) is 3.33. The quantitative estimate of drug-likeness (QED) is 0.648. The molecular weight excluding hydrogens is 411 g/mol. The van der Waals surface area contributed by atoms with Gasteiger partial charge in [-0.15, -0.1) is 0 Å². The largest absolute Gasteiger partial charge is 0.504 e. The molecule has 2 N–H and O–H groups in total. The Morgan fingerprint density at radius 1 is 1.13 bits per heavy atom. The molecule has 0 atom stereocenters. The van der Waals surface area contributed by atoms with E-state index in [-0.39, 0.29) is 24.5 Å². The lowest BCUT2D eigenvalue weighted by Gasteiger charge is -2.31. The summed E-state index contributed by atoms with van der Waals surface area (Å²) in [6, 6.07) is 12.8. The maximum Gasteiger partial charge on any atom is 0.416 e. The highest BCUT2D eigenvalue weighted by atomic mass is 19.4. The number of aromatic nitrogens is 1. The number of halogens is 3. The van der Waals surface area contributed by atoms with Crippen LogP contribution in [0.3, 0.4) is 0 Å². The molecule has 3 aromatic rings. The van der Waals surface area contributed by atoms with Crippen LogP contribution in [0.15, 0.2) is 60.8 Å². The van der Waals surface area contributed by atoms with Crippen molar-refractivity contribution in [1.82, 2.24) is 10.3 Å². The van der Waals surface area contributed by atoms with Gasteiger partial charge in [0.25, 0.3) is 5.91 Å². The molecule has 9 heteroatoms. The van der Waals surface area contributed by atoms with Gasteiger partial charge in [-0.1, -0.05) is 18.2 Å². The fraction of sp³-hybridized carbons (Fsp3) is 0.182. The molecule has 31 heavy (non-hydrogen) atoms. The highest BCUT2D eigenvalue weighted by Crippen LogP contribution is 2.40. The molecule has 0 aliphatic carbocycles. The van der Waals surface area contributed by atoms with E-state index in [0.29, 0.717) is 29.4 Å². The van der Waals surface area contributed by atoms with Crippen molar-refractivity contribution in [3.8, 4) is 11.5 Å². The van der Waals surface area contributed by atoms with Crippen LogP contribution in [0, 0.1) is 0 Å². The first kappa shape index (κ1) is 20.5. The van der Waals surface area contributed by atoms with E-state index < -0.39 is 17.6 Å². The number of fused-ring (bicyclic) bond motifs is 1. The van der Waals surface area contributed by atoms with Gasteiger partial charge in [0.05, 0.1) is 23.4 Å². The van der Waals surface area contributed by atoms with Crippen molar-refractivity contribution in [1.29, 1.82) is 0 Å². The monoisotopic (exact) mass is 429 g/mol. The minimum absolute atomic E-state index is 0.00695. The third kappa shape index (κ3) is 4.25. The van der Waals surface area contributed by atoms with Crippen LogP contribution in [0.2, 0.25) is 0 Å². The van der Waals surface area contributed by atoms with Crippen LogP contribution in [0.4, 0.5) is 24.7 Å². The molecule has 0 radical (unpaired) electrons. The maximum absolute atomic E-state index is 12.8. The summed E-state index contributed by atoms with van der Waals surface area (Å²) < 4.78 is 43.8. The molecule has 2 heterocycles. The molecule has 0 unspecified atom stereocenters. The van der Waals surface area contributed by atoms with Crippen molar-refractivity contribution in [2.45, 2.75) is 12.7 Å². The maximum atomic E-state index is 12.8. The molecule has 1 amide bonds. The van der Waals surface area contributed by atoms with E-state index >= 15 is 0 Å². The highest BCUT2D eigenvalue weighted by Gasteiger charge is 2.30. The van der Waals surface area contributed by atoms with E-state index in [1.807, 2.05) is 0 Å². The minimum atomic E-state index is -4.41. The zero-order valence-corrected chi connectivity index (χ0v) is 16.2. The van der Waals surface area contributed by atoms with Gasteiger partial charge in [0, 0.05) is 12.7 Å². The van der Waals surface area contributed by atoms with Gasteiger partial charge in [0.15, 0.2) is 17.3 Å². The molecule has 1 aliphatic heterocycles. The Balaban J connectivity index is 1.54. The number of hydrogen-bond donors (Lipinski definition) is 2. The van der Waals surface area contributed by atoms with Gasteiger partial charge in [-0.2, -0.15) is 13.2 Å². The van der Waals surface area contributed by atoms with E-state index in [4.69, 9.17) is 4.74 Å². The number of nitrogens with one attached hydrogen (secondary N) is 1. The molecule has 2 aromatic carbocycles. The van der Waals surface area contributed by atoms with Crippen LogP contribution in [0.1, 0.15) is 21.5 Å². The van der Waals surface area contributed by atoms with E-state index in [0.717, 1.165) is 12.1 Å². The molecule has 0 fully saturated rings.